The highest BCUT2D eigenvalue weighted by Gasteiger charge is 2.29. The predicted molar refractivity (Wildman–Crippen MR) is 105 cm³/mol. The fourth-order valence-electron chi connectivity index (χ4n) is 3.06. The van der Waals surface area contributed by atoms with E-state index in [9.17, 15) is 4.79 Å². The minimum atomic E-state index is 0. The summed E-state index contributed by atoms with van der Waals surface area (Å²) in [5.74, 6) is 0.111. The zero-order valence-electron chi connectivity index (χ0n) is 13.8. The SMILES string of the molecule is CNCC1CCCN1C(=O)c1ccc(-c2ccsc2)nc1C.Cl.Cl. The minimum absolute atomic E-state index is 0. The Balaban J connectivity index is 0.00000144. The maximum absolute atomic E-state index is 12.8. The molecular formula is C17H23Cl2N3OS. The number of carbonyl (C=O) groups excluding carboxylic acids is 1. The van der Waals surface area contributed by atoms with Crippen LogP contribution in [-0.2, 0) is 0 Å². The number of likely N-dealkylation sites (N-methyl/N-ethyl adjacent to an activating group) is 1. The highest BCUT2D eigenvalue weighted by molar-refractivity contribution is 7.08. The smallest absolute Gasteiger partial charge is 0.255 e. The standard InChI is InChI=1S/C17H21N3OS.2ClH/c1-12-15(5-6-16(19-12)13-7-9-22-11-13)17(21)20-8-3-4-14(20)10-18-2;;/h5-7,9,11,14,18H,3-4,8,10H2,1-2H3;2*1H. The van der Waals surface area contributed by atoms with Crippen molar-refractivity contribution in [3.8, 4) is 11.3 Å². The highest BCUT2D eigenvalue weighted by Crippen LogP contribution is 2.24. The molecule has 2 aromatic rings. The first-order valence-electron chi connectivity index (χ1n) is 7.66. The Morgan fingerprint density at radius 1 is 1.38 bits per heavy atom. The Morgan fingerprint density at radius 3 is 2.79 bits per heavy atom. The quantitative estimate of drug-likeness (QED) is 0.867. The number of aromatic nitrogens is 1. The van der Waals surface area contributed by atoms with Gasteiger partial charge in [-0.2, -0.15) is 11.3 Å². The molecule has 0 aromatic carbocycles. The van der Waals surface area contributed by atoms with Crippen molar-refractivity contribution in [3.05, 3.63) is 40.2 Å². The number of amides is 1. The van der Waals surface area contributed by atoms with E-state index in [2.05, 4.69) is 21.7 Å². The molecule has 1 unspecified atom stereocenters. The van der Waals surface area contributed by atoms with Crippen LogP contribution in [0.25, 0.3) is 11.3 Å². The van der Waals surface area contributed by atoms with Gasteiger partial charge < -0.3 is 10.2 Å². The van der Waals surface area contributed by atoms with Crippen LogP contribution in [-0.4, -0.2) is 42.0 Å². The number of hydrogen-bond donors (Lipinski definition) is 1. The van der Waals surface area contributed by atoms with Crippen molar-refractivity contribution in [2.24, 2.45) is 0 Å². The molecule has 1 fully saturated rings. The maximum atomic E-state index is 12.8. The molecule has 1 amide bonds. The number of aryl methyl sites for hydroxylation is 1. The van der Waals surface area contributed by atoms with E-state index >= 15 is 0 Å². The van der Waals surface area contributed by atoms with Crippen LogP contribution >= 0.6 is 36.2 Å². The van der Waals surface area contributed by atoms with Gasteiger partial charge in [-0.1, -0.05) is 0 Å². The van der Waals surface area contributed by atoms with Gasteiger partial charge in [0, 0.05) is 30.1 Å². The lowest BCUT2D eigenvalue weighted by Gasteiger charge is -2.25. The van der Waals surface area contributed by atoms with E-state index in [0.29, 0.717) is 6.04 Å². The Hall–Kier alpha value is -1.14. The van der Waals surface area contributed by atoms with Crippen LogP contribution in [0.3, 0.4) is 0 Å². The fourth-order valence-corrected chi connectivity index (χ4v) is 3.71. The predicted octanol–water partition coefficient (Wildman–Crippen LogP) is 3.79. The first-order valence-corrected chi connectivity index (χ1v) is 8.61. The molecule has 0 spiro atoms. The van der Waals surface area contributed by atoms with Crippen LogP contribution in [0, 0.1) is 6.92 Å². The summed E-state index contributed by atoms with van der Waals surface area (Å²) >= 11 is 1.65. The molecule has 1 aliphatic rings. The molecule has 1 saturated heterocycles. The Morgan fingerprint density at radius 2 is 2.17 bits per heavy atom. The van der Waals surface area contributed by atoms with Crippen LogP contribution in [0.5, 0.6) is 0 Å². The number of thiophene rings is 1. The normalized spacial score (nSPS) is 16.4. The highest BCUT2D eigenvalue weighted by atomic mass is 35.5. The van der Waals surface area contributed by atoms with E-state index in [1.165, 1.54) is 0 Å². The summed E-state index contributed by atoms with van der Waals surface area (Å²) in [5, 5.41) is 7.30. The van der Waals surface area contributed by atoms with E-state index in [-0.39, 0.29) is 30.7 Å². The summed E-state index contributed by atoms with van der Waals surface area (Å²) in [5.41, 5.74) is 3.58. The number of rotatable bonds is 4. The number of nitrogens with one attached hydrogen (secondary N) is 1. The molecular weight excluding hydrogens is 365 g/mol. The van der Waals surface area contributed by atoms with Crippen LogP contribution in [0.4, 0.5) is 0 Å². The number of likely N-dealkylation sites (tertiary alicyclic amines) is 1. The fraction of sp³-hybridized carbons (Fsp3) is 0.412. The lowest BCUT2D eigenvalue weighted by Crippen LogP contribution is -2.41. The molecule has 0 radical (unpaired) electrons. The van der Waals surface area contributed by atoms with Gasteiger partial charge in [-0.15, -0.1) is 24.8 Å². The molecule has 4 nitrogen and oxygen atoms in total. The Bertz CT molecular complexity index is 664. The second-order valence-corrected chi connectivity index (χ2v) is 6.47. The number of halogens is 2. The second kappa shape index (κ2) is 9.37. The van der Waals surface area contributed by atoms with E-state index in [1.54, 1.807) is 11.3 Å². The third-order valence-electron chi connectivity index (χ3n) is 4.21. The zero-order chi connectivity index (χ0) is 15.5. The molecule has 132 valence electrons. The van der Waals surface area contributed by atoms with Crippen LogP contribution < -0.4 is 5.32 Å². The van der Waals surface area contributed by atoms with Gasteiger partial charge in [0.25, 0.3) is 5.91 Å². The molecule has 0 aliphatic carbocycles. The van der Waals surface area contributed by atoms with Gasteiger partial charge in [0.05, 0.1) is 17.0 Å². The van der Waals surface area contributed by atoms with E-state index in [4.69, 9.17) is 0 Å². The molecule has 1 atom stereocenters. The molecule has 1 N–H and O–H groups in total. The molecule has 3 rings (SSSR count). The van der Waals surface area contributed by atoms with Crippen molar-refractivity contribution in [1.29, 1.82) is 0 Å². The van der Waals surface area contributed by atoms with Crippen molar-refractivity contribution in [3.63, 3.8) is 0 Å². The van der Waals surface area contributed by atoms with Gasteiger partial charge in [0.15, 0.2) is 0 Å². The van der Waals surface area contributed by atoms with E-state index in [0.717, 1.165) is 48.4 Å². The monoisotopic (exact) mass is 387 g/mol. The molecule has 7 heteroatoms. The number of hydrogen-bond acceptors (Lipinski definition) is 4. The maximum Gasteiger partial charge on any atom is 0.255 e. The molecule has 1 aliphatic heterocycles. The Labute approximate surface area is 159 Å². The van der Waals surface area contributed by atoms with E-state index in [1.807, 2.05) is 36.4 Å². The van der Waals surface area contributed by atoms with Gasteiger partial charge in [-0.25, -0.2) is 0 Å². The minimum Gasteiger partial charge on any atom is -0.334 e. The lowest BCUT2D eigenvalue weighted by molar-refractivity contribution is 0.0736. The lowest BCUT2D eigenvalue weighted by atomic mass is 10.1. The average Bonchev–Trinajstić information content (AvgIpc) is 3.18. The average molecular weight is 388 g/mol. The molecule has 24 heavy (non-hydrogen) atoms. The summed E-state index contributed by atoms with van der Waals surface area (Å²) in [6, 6.07) is 6.23. The van der Waals surface area contributed by atoms with Gasteiger partial charge >= 0.3 is 0 Å². The van der Waals surface area contributed by atoms with Crippen LogP contribution in [0.2, 0.25) is 0 Å². The summed E-state index contributed by atoms with van der Waals surface area (Å²) < 4.78 is 0. The molecule has 0 bridgehead atoms. The zero-order valence-corrected chi connectivity index (χ0v) is 16.3. The largest absolute Gasteiger partial charge is 0.334 e. The van der Waals surface area contributed by atoms with Gasteiger partial charge in [-0.3, -0.25) is 9.78 Å². The van der Waals surface area contributed by atoms with Crippen molar-refractivity contribution >= 4 is 42.1 Å². The second-order valence-electron chi connectivity index (χ2n) is 5.69. The number of carbonyl (C=O) groups is 1. The van der Waals surface area contributed by atoms with Crippen molar-refractivity contribution in [2.75, 3.05) is 20.1 Å². The van der Waals surface area contributed by atoms with Gasteiger partial charge in [0.2, 0.25) is 0 Å². The summed E-state index contributed by atoms with van der Waals surface area (Å²) in [4.78, 5) is 19.4. The van der Waals surface area contributed by atoms with Crippen molar-refractivity contribution < 1.29 is 4.79 Å². The first-order chi connectivity index (χ1) is 10.7. The Kier molecular flexibility index (Phi) is 8.16. The van der Waals surface area contributed by atoms with E-state index < -0.39 is 0 Å². The number of pyridine rings is 1. The third kappa shape index (κ3) is 4.28. The molecule has 0 saturated carbocycles. The summed E-state index contributed by atoms with van der Waals surface area (Å²) in [6.07, 6.45) is 2.16. The molecule has 2 aromatic heterocycles. The summed E-state index contributed by atoms with van der Waals surface area (Å²) in [7, 11) is 1.93. The molecule has 3 heterocycles. The van der Waals surface area contributed by atoms with Crippen molar-refractivity contribution in [1.82, 2.24) is 15.2 Å². The first kappa shape index (κ1) is 20.9. The number of nitrogens with zero attached hydrogens (tertiary/aromatic N) is 2. The van der Waals surface area contributed by atoms with Crippen molar-refractivity contribution in [2.45, 2.75) is 25.8 Å². The van der Waals surface area contributed by atoms with Crippen LogP contribution in [0.15, 0.2) is 29.0 Å². The van der Waals surface area contributed by atoms with Gasteiger partial charge in [0.1, 0.15) is 0 Å². The van der Waals surface area contributed by atoms with Crippen LogP contribution in [0.1, 0.15) is 28.9 Å². The third-order valence-corrected chi connectivity index (χ3v) is 4.89. The van der Waals surface area contributed by atoms with Gasteiger partial charge in [-0.05, 0) is 50.4 Å². The topological polar surface area (TPSA) is 45.2 Å². The summed E-state index contributed by atoms with van der Waals surface area (Å²) in [6.45, 7) is 3.62.